The summed E-state index contributed by atoms with van der Waals surface area (Å²) in [7, 11) is -1.74. The highest BCUT2D eigenvalue weighted by molar-refractivity contribution is 9.11. The van der Waals surface area contributed by atoms with E-state index in [9.17, 15) is 8.42 Å². The number of nitrogens with one attached hydrogen (secondary N) is 2. The van der Waals surface area contributed by atoms with E-state index in [2.05, 4.69) is 26.0 Å². The predicted octanol–water partition coefficient (Wildman–Crippen LogP) is 3.34. The van der Waals surface area contributed by atoms with Crippen LogP contribution < -0.4 is 10.0 Å². The van der Waals surface area contributed by atoms with Crippen molar-refractivity contribution in [1.82, 2.24) is 5.32 Å². The Morgan fingerprint density at radius 1 is 1.30 bits per heavy atom. The normalized spacial score (nSPS) is 11.6. The molecule has 0 spiro atoms. The Kier molecular flexibility index (Phi) is 4.85. The van der Waals surface area contributed by atoms with E-state index in [0.717, 1.165) is 14.2 Å². The third-order valence-corrected chi connectivity index (χ3v) is 5.93. The number of aryl methyl sites for hydroxylation is 1. The molecule has 0 aliphatic carbocycles. The molecule has 4 nitrogen and oxygen atoms in total. The molecule has 2 aromatic rings. The van der Waals surface area contributed by atoms with Crippen molar-refractivity contribution in [3.8, 4) is 0 Å². The van der Waals surface area contributed by atoms with Crippen molar-refractivity contribution in [3.05, 3.63) is 44.6 Å². The number of hydrogen-bond acceptors (Lipinski definition) is 4. The first kappa shape index (κ1) is 15.5. The SMILES string of the molecule is CNCc1ccccc1NS(=O)(=O)c1cc(Br)sc1C. The number of benzene rings is 1. The first-order valence-electron chi connectivity index (χ1n) is 5.95. The maximum Gasteiger partial charge on any atom is 0.263 e. The maximum absolute atomic E-state index is 12.4. The summed E-state index contributed by atoms with van der Waals surface area (Å²) < 4.78 is 28.4. The fraction of sp³-hybridized carbons (Fsp3) is 0.231. The van der Waals surface area contributed by atoms with Gasteiger partial charge in [-0.2, -0.15) is 0 Å². The van der Waals surface area contributed by atoms with Gasteiger partial charge in [-0.25, -0.2) is 8.42 Å². The Balaban J connectivity index is 2.36. The molecule has 1 aromatic heterocycles. The number of halogens is 1. The van der Waals surface area contributed by atoms with E-state index in [4.69, 9.17) is 0 Å². The van der Waals surface area contributed by atoms with Gasteiger partial charge in [0.05, 0.1) is 9.47 Å². The average molecular weight is 375 g/mol. The minimum absolute atomic E-state index is 0.314. The van der Waals surface area contributed by atoms with Gasteiger partial charge in [0.25, 0.3) is 10.0 Å². The molecule has 0 aliphatic heterocycles. The lowest BCUT2D eigenvalue weighted by Crippen LogP contribution is -2.16. The van der Waals surface area contributed by atoms with Crippen LogP contribution in [0.3, 0.4) is 0 Å². The fourth-order valence-electron chi connectivity index (χ4n) is 1.86. The van der Waals surface area contributed by atoms with Gasteiger partial charge in [0, 0.05) is 11.4 Å². The molecule has 20 heavy (non-hydrogen) atoms. The van der Waals surface area contributed by atoms with E-state index in [1.54, 1.807) is 19.1 Å². The zero-order valence-corrected chi connectivity index (χ0v) is 14.3. The second-order valence-corrected chi connectivity index (χ2v) is 8.55. The largest absolute Gasteiger partial charge is 0.316 e. The minimum Gasteiger partial charge on any atom is -0.316 e. The minimum atomic E-state index is -3.56. The molecule has 0 radical (unpaired) electrons. The van der Waals surface area contributed by atoms with Crippen LogP contribution in [0.5, 0.6) is 0 Å². The van der Waals surface area contributed by atoms with Crippen LogP contribution in [0.1, 0.15) is 10.4 Å². The Morgan fingerprint density at radius 2 is 2.00 bits per heavy atom. The summed E-state index contributed by atoms with van der Waals surface area (Å²) >= 11 is 4.72. The molecule has 0 amide bonds. The lowest BCUT2D eigenvalue weighted by Gasteiger charge is -2.12. The molecule has 108 valence electrons. The molecule has 2 N–H and O–H groups in total. The summed E-state index contributed by atoms with van der Waals surface area (Å²) in [6.45, 7) is 2.40. The lowest BCUT2D eigenvalue weighted by molar-refractivity contribution is 0.601. The van der Waals surface area contributed by atoms with Crippen LogP contribution in [0.15, 0.2) is 39.0 Å². The summed E-state index contributed by atoms with van der Waals surface area (Å²) in [5.41, 5.74) is 1.51. The topological polar surface area (TPSA) is 58.2 Å². The molecule has 0 bridgehead atoms. The number of rotatable bonds is 5. The summed E-state index contributed by atoms with van der Waals surface area (Å²) in [6, 6.07) is 8.99. The Labute approximate surface area is 131 Å². The van der Waals surface area contributed by atoms with Crippen LogP contribution in [0.4, 0.5) is 5.69 Å². The van der Waals surface area contributed by atoms with E-state index in [1.807, 2.05) is 25.2 Å². The Hall–Kier alpha value is -0.890. The molecule has 0 aliphatic rings. The first-order chi connectivity index (χ1) is 9.44. The van der Waals surface area contributed by atoms with Gasteiger partial charge in [-0.15, -0.1) is 11.3 Å². The molecule has 0 unspecified atom stereocenters. The molecule has 0 saturated carbocycles. The van der Waals surface area contributed by atoms with Crippen molar-refractivity contribution in [2.75, 3.05) is 11.8 Å². The predicted molar refractivity (Wildman–Crippen MR) is 86.8 cm³/mol. The number of para-hydroxylation sites is 1. The van der Waals surface area contributed by atoms with Gasteiger partial charge >= 0.3 is 0 Å². The summed E-state index contributed by atoms with van der Waals surface area (Å²) in [6.07, 6.45) is 0. The summed E-state index contributed by atoms with van der Waals surface area (Å²) in [5, 5.41) is 3.03. The van der Waals surface area contributed by atoms with E-state index in [1.165, 1.54) is 11.3 Å². The Bertz CT molecular complexity index is 711. The third-order valence-electron chi connectivity index (χ3n) is 2.76. The third kappa shape index (κ3) is 3.41. The first-order valence-corrected chi connectivity index (χ1v) is 9.04. The smallest absolute Gasteiger partial charge is 0.263 e. The molecule has 2 rings (SSSR count). The average Bonchev–Trinajstić information content (AvgIpc) is 2.72. The summed E-state index contributed by atoms with van der Waals surface area (Å²) in [5.74, 6) is 0. The standard InChI is InChI=1S/C13H15BrN2O2S2/c1-9-12(7-13(14)19-9)20(17,18)16-11-6-4-3-5-10(11)8-15-2/h3-7,15-16H,8H2,1-2H3. The number of thiophene rings is 1. The highest BCUT2D eigenvalue weighted by Crippen LogP contribution is 2.31. The van der Waals surface area contributed by atoms with Gasteiger partial charge in [0.2, 0.25) is 0 Å². The Morgan fingerprint density at radius 3 is 2.60 bits per heavy atom. The van der Waals surface area contributed by atoms with Crippen molar-refractivity contribution in [2.45, 2.75) is 18.4 Å². The second kappa shape index (κ2) is 6.26. The van der Waals surface area contributed by atoms with Crippen LogP contribution in [-0.2, 0) is 16.6 Å². The van der Waals surface area contributed by atoms with Gasteiger partial charge in [-0.05, 0) is 47.6 Å². The van der Waals surface area contributed by atoms with Crippen molar-refractivity contribution in [3.63, 3.8) is 0 Å². The van der Waals surface area contributed by atoms with Gasteiger partial charge < -0.3 is 5.32 Å². The van der Waals surface area contributed by atoms with E-state index in [-0.39, 0.29) is 0 Å². The zero-order valence-electron chi connectivity index (χ0n) is 11.1. The number of sulfonamides is 1. The fourth-order valence-corrected chi connectivity index (χ4v) is 5.38. The van der Waals surface area contributed by atoms with Gasteiger partial charge in [-0.3, -0.25) is 4.72 Å². The van der Waals surface area contributed by atoms with Crippen LogP contribution in [0.25, 0.3) is 0 Å². The molecular formula is C13H15BrN2O2S2. The zero-order chi connectivity index (χ0) is 14.8. The molecule has 7 heteroatoms. The van der Waals surface area contributed by atoms with Gasteiger partial charge in [0.15, 0.2) is 0 Å². The van der Waals surface area contributed by atoms with E-state index in [0.29, 0.717) is 17.1 Å². The highest BCUT2D eigenvalue weighted by Gasteiger charge is 2.20. The monoisotopic (exact) mass is 374 g/mol. The van der Waals surface area contributed by atoms with Crippen molar-refractivity contribution in [2.24, 2.45) is 0 Å². The maximum atomic E-state index is 12.4. The molecule has 0 saturated heterocycles. The molecule has 0 atom stereocenters. The van der Waals surface area contributed by atoms with Gasteiger partial charge in [-0.1, -0.05) is 18.2 Å². The van der Waals surface area contributed by atoms with Crippen LogP contribution in [0.2, 0.25) is 0 Å². The lowest BCUT2D eigenvalue weighted by atomic mass is 10.2. The number of hydrogen-bond donors (Lipinski definition) is 2. The van der Waals surface area contributed by atoms with Gasteiger partial charge in [0.1, 0.15) is 4.90 Å². The van der Waals surface area contributed by atoms with E-state index >= 15 is 0 Å². The van der Waals surface area contributed by atoms with E-state index < -0.39 is 10.0 Å². The van der Waals surface area contributed by atoms with Crippen LogP contribution in [0, 0.1) is 6.92 Å². The van der Waals surface area contributed by atoms with Crippen molar-refractivity contribution >= 4 is 43.0 Å². The van der Waals surface area contributed by atoms with Crippen molar-refractivity contribution in [1.29, 1.82) is 0 Å². The summed E-state index contributed by atoms with van der Waals surface area (Å²) in [4.78, 5) is 1.07. The quantitative estimate of drug-likeness (QED) is 0.843. The molecule has 0 fully saturated rings. The number of anilines is 1. The molecular weight excluding hydrogens is 360 g/mol. The highest BCUT2D eigenvalue weighted by atomic mass is 79.9. The second-order valence-electron chi connectivity index (χ2n) is 4.26. The van der Waals surface area contributed by atoms with Crippen LogP contribution >= 0.6 is 27.3 Å². The molecule has 1 aromatic carbocycles. The molecule has 1 heterocycles. The van der Waals surface area contributed by atoms with Crippen LogP contribution in [-0.4, -0.2) is 15.5 Å². The van der Waals surface area contributed by atoms with Crippen molar-refractivity contribution < 1.29 is 8.42 Å².